The molecule has 2 aliphatic rings. The van der Waals surface area contributed by atoms with Crippen molar-refractivity contribution in [3.8, 4) is 5.75 Å². The summed E-state index contributed by atoms with van der Waals surface area (Å²) < 4.78 is 23.4. The average molecular weight is 628 g/mol. The highest BCUT2D eigenvalue weighted by atomic mass is 16.6. The number of hydrogen-bond acceptors (Lipinski definition) is 8. The minimum absolute atomic E-state index is 0.0151. The van der Waals surface area contributed by atoms with E-state index in [0.717, 1.165) is 36.8 Å². The number of piperidine rings is 1. The molecular weight excluding hydrogens is 578 g/mol. The van der Waals surface area contributed by atoms with Crippen LogP contribution < -0.4 is 10.3 Å². The van der Waals surface area contributed by atoms with E-state index in [2.05, 4.69) is 6.07 Å². The van der Waals surface area contributed by atoms with Crippen LogP contribution in [0.15, 0.2) is 41.3 Å². The molecule has 0 spiro atoms. The fraction of sp³-hybridized carbons (Fsp3) is 0.618. The molecule has 11 heteroatoms. The first-order chi connectivity index (χ1) is 21.3. The van der Waals surface area contributed by atoms with Gasteiger partial charge in [-0.1, -0.05) is 6.07 Å². The van der Waals surface area contributed by atoms with E-state index >= 15 is 0 Å². The molecule has 1 aromatic heterocycles. The Hall–Kier alpha value is -3.41. The Kier molecular flexibility index (Phi) is 11.3. The number of ether oxygens (including phenoxy) is 4. The lowest BCUT2D eigenvalue weighted by molar-refractivity contribution is -0.155. The van der Waals surface area contributed by atoms with Crippen LogP contribution >= 0.6 is 0 Å². The second-order valence-electron chi connectivity index (χ2n) is 13.1. The van der Waals surface area contributed by atoms with Crippen LogP contribution in [0.4, 0.5) is 4.79 Å². The molecule has 2 atom stereocenters. The summed E-state index contributed by atoms with van der Waals surface area (Å²) in [5.41, 5.74) is -0.0515. The van der Waals surface area contributed by atoms with Crippen molar-refractivity contribution in [1.82, 2.24) is 14.4 Å². The molecule has 1 N–H and O–H groups in total. The fourth-order valence-electron chi connectivity index (χ4n) is 5.79. The molecule has 248 valence electrons. The summed E-state index contributed by atoms with van der Waals surface area (Å²) in [6, 6.07) is 9.05. The minimum Gasteiger partial charge on any atom is -0.491 e. The van der Waals surface area contributed by atoms with Crippen molar-refractivity contribution in [3.05, 3.63) is 63.6 Å². The van der Waals surface area contributed by atoms with Gasteiger partial charge in [0.15, 0.2) is 0 Å². The van der Waals surface area contributed by atoms with Gasteiger partial charge in [-0.3, -0.25) is 9.59 Å². The summed E-state index contributed by atoms with van der Waals surface area (Å²) in [5, 5.41) is 12.3. The molecule has 0 radical (unpaired) electrons. The first kappa shape index (κ1) is 34.5. The van der Waals surface area contributed by atoms with Gasteiger partial charge in [0, 0.05) is 71.4 Å². The van der Waals surface area contributed by atoms with E-state index in [-0.39, 0.29) is 37.0 Å². The number of nitrogens with zero attached hydrogens (tertiary/aromatic N) is 3. The molecule has 2 fully saturated rings. The van der Waals surface area contributed by atoms with E-state index < -0.39 is 23.2 Å². The molecule has 45 heavy (non-hydrogen) atoms. The SMILES string of the molecule is COCCCc1cc(CN(C(=O)[C@H]2CN(C(=O)OC(C)(C)C)CC[C@]2(O)c2ccc(=O)n(C)c2)C2CC2)cc(OCCOC)c1. The zero-order valence-corrected chi connectivity index (χ0v) is 27.5. The summed E-state index contributed by atoms with van der Waals surface area (Å²) in [5.74, 6) is -0.511. The van der Waals surface area contributed by atoms with Crippen molar-refractivity contribution in [2.45, 2.75) is 76.7 Å². The Bertz CT molecular complexity index is 1350. The minimum atomic E-state index is -1.59. The van der Waals surface area contributed by atoms with Crippen molar-refractivity contribution >= 4 is 12.0 Å². The van der Waals surface area contributed by atoms with Crippen molar-refractivity contribution in [2.75, 3.05) is 47.1 Å². The number of hydrogen-bond donors (Lipinski definition) is 1. The Balaban J connectivity index is 1.67. The highest BCUT2D eigenvalue weighted by Crippen LogP contribution is 2.41. The summed E-state index contributed by atoms with van der Waals surface area (Å²) in [6.07, 6.45) is 4.53. The molecule has 4 rings (SSSR count). The van der Waals surface area contributed by atoms with Gasteiger partial charge >= 0.3 is 6.09 Å². The molecule has 0 bridgehead atoms. The molecule has 2 aromatic rings. The first-order valence-corrected chi connectivity index (χ1v) is 15.8. The number of aromatic nitrogens is 1. The molecule has 2 amide bonds. The maximum Gasteiger partial charge on any atom is 0.410 e. The van der Waals surface area contributed by atoms with E-state index in [1.54, 1.807) is 54.3 Å². The van der Waals surface area contributed by atoms with Gasteiger partial charge in [0.05, 0.1) is 12.5 Å². The van der Waals surface area contributed by atoms with Gasteiger partial charge in [0.25, 0.3) is 0 Å². The third-order valence-electron chi connectivity index (χ3n) is 8.30. The molecule has 0 unspecified atom stereocenters. The number of pyridine rings is 1. The van der Waals surface area contributed by atoms with Crippen LogP contribution in [0.3, 0.4) is 0 Å². The molecule has 11 nitrogen and oxygen atoms in total. The standard InChI is InChI=1S/C34H49N3O8/c1-33(2,3)45-32(40)36-14-13-34(41,26-9-12-30(38)35(4)22-26)29(23-36)31(39)37(27-10-11-27)21-25-18-24(8-7-15-42-5)19-28(20-25)44-17-16-43-6/h9,12,18-20,22,27,29,41H,7-8,10-11,13-17,21,23H2,1-6H3/t29-,34+/m1/s1. The molecular formula is C34H49N3O8. The van der Waals surface area contributed by atoms with Crippen LogP contribution in [0.5, 0.6) is 5.75 Å². The lowest BCUT2D eigenvalue weighted by atomic mass is 9.75. The van der Waals surface area contributed by atoms with Crippen molar-refractivity contribution in [1.29, 1.82) is 0 Å². The molecule has 1 saturated carbocycles. The molecule has 1 saturated heterocycles. The number of amides is 2. The van der Waals surface area contributed by atoms with Gasteiger partial charge in [0.1, 0.15) is 23.6 Å². The Morgan fingerprint density at radius 3 is 2.40 bits per heavy atom. The second-order valence-corrected chi connectivity index (χ2v) is 13.1. The number of rotatable bonds is 13. The maximum absolute atomic E-state index is 14.6. The van der Waals surface area contributed by atoms with Gasteiger partial charge in [-0.05, 0) is 82.2 Å². The van der Waals surface area contributed by atoms with Crippen molar-refractivity contribution in [2.24, 2.45) is 13.0 Å². The molecule has 1 aromatic carbocycles. The number of likely N-dealkylation sites (tertiary alicyclic amines) is 1. The summed E-state index contributed by atoms with van der Waals surface area (Å²) in [6.45, 7) is 7.39. The molecule has 2 heterocycles. The number of aliphatic hydroxyl groups is 1. The third kappa shape index (κ3) is 9.08. The average Bonchev–Trinajstić information content (AvgIpc) is 3.82. The zero-order chi connectivity index (χ0) is 32.8. The van der Waals surface area contributed by atoms with E-state index in [4.69, 9.17) is 18.9 Å². The van der Waals surface area contributed by atoms with Crippen LogP contribution in [-0.2, 0) is 44.6 Å². The number of benzene rings is 1. The number of carbonyl (C=O) groups is 2. The summed E-state index contributed by atoms with van der Waals surface area (Å²) in [4.78, 5) is 43.3. The van der Waals surface area contributed by atoms with Gasteiger partial charge in [-0.15, -0.1) is 0 Å². The Morgan fingerprint density at radius 2 is 1.76 bits per heavy atom. The predicted octanol–water partition coefficient (Wildman–Crippen LogP) is 3.63. The largest absolute Gasteiger partial charge is 0.491 e. The Labute approximate surface area is 266 Å². The van der Waals surface area contributed by atoms with Crippen LogP contribution in [-0.4, -0.2) is 90.2 Å². The van der Waals surface area contributed by atoms with Gasteiger partial charge in [-0.2, -0.15) is 0 Å². The summed E-state index contributed by atoms with van der Waals surface area (Å²) in [7, 11) is 4.92. The topological polar surface area (TPSA) is 120 Å². The van der Waals surface area contributed by atoms with E-state index in [9.17, 15) is 19.5 Å². The molecule has 1 aliphatic carbocycles. The van der Waals surface area contributed by atoms with Crippen LogP contribution in [0.25, 0.3) is 0 Å². The lowest BCUT2D eigenvalue weighted by Gasteiger charge is -2.45. The Morgan fingerprint density at radius 1 is 1.04 bits per heavy atom. The van der Waals surface area contributed by atoms with Crippen molar-refractivity contribution < 1.29 is 33.6 Å². The monoisotopic (exact) mass is 627 g/mol. The van der Waals surface area contributed by atoms with E-state index in [1.165, 1.54) is 15.5 Å². The maximum atomic E-state index is 14.6. The normalized spacial score (nSPS) is 20.2. The number of methoxy groups -OCH3 is 2. The highest BCUT2D eigenvalue weighted by Gasteiger charge is 2.51. The predicted molar refractivity (Wildman–Crippen MR) is 169 cm³/mol. The molecule has 1 aliphatic heterocycles. The van der Waals surface area contributed by atoms with Gasteiger partial charge < -0.3 is 38.4 Å². The smallest absolute Gasteiger partial charge is 0.410 e. The van der Waals surface area contributed by atoms with E-state index in [0.29, 0.717) is 37.7 Å². The van der Waals surface area contributed by atoms with Gasteiger partial charge in [0.2, 0.25) is 11.5 Å². The fourth-order valence-corrected chi connectivity index (χ4v) is 5.79. The first-order valence-electron chi connectivity index (χ1n) is 15.8. The summed E-state index contributed by atoms with van der Waals surface area (Å²) >= 11 is 0. The van der Waals surface area contributed by atoms with Crippen LogP contribution in [0, 0.1) is 5.92 Å². The number of aryl methyl sites for hydroxylation is 2. The lowest BCUT2D eigenvalue weighted by Crippen LogP contribution is -2.58. The number of carbonyl (C=O) groups excluding carboxylic acids is 2. The van der Waals surface area contributed by atoms with Crippen LogP contribution in [0.2, 0.25) is 0 Å². The van der Waals surface area contributed by atoms with E-state index in [1.807, 2.05) is 17.0 Å². The van der Waals surface area contributed by atoms with Crippen LogP contribution in [0.1, 0.15) is 63.1 Å². The quantitative estimate of drug-likeness (QED) is 0.335. The van der Waals surface area contributed by atoms with Crippen molar-refractivity contribution in [3.63, 3.8) is 0 Å². The second kappa shape index (κ2) is 14.8. The zero-order valence-electron chi connectivity index (χ0n) is 27.5. The highest BCUT2D eigenvalue weighted by molar-refractivity contribution is 5.82. The van der Waals surface area contributed by atoms with Gasteiger partial charge in [-0.25, -0.2) is 4.79 Å². The third-order valence-corrected chi connectivity index (χ3v) is 8.30.